The van der Waals surface area contributed by atoms with Crippen LogP contribution in [0.5, 0.6) is 0 Å². The zero-order chi connectivity index (χ0) is 12.4. The van der Waals surface area contributed by atoms with Gasteiger partial charge in [0.25, 0.3) is 0 Å². The van der Waals surface area contributed by atoms with Crippen molar-refractivity contribution in [1.29, 1.82) is 0 Å². The Hall–Kier alpha value is -1.42. The Morgan fingerprint density at radius 1 is 1.59 bits per heavy atom. The summed E-state index contributed by atoms with van der Waals surface area (Å²) in [6, 6.07) is 4.68. The van der Waals surface area contributed by atoms with E-state index in [4.69, 9.17) is 5.11 Å². The highest BCUT2D eigenvalue weighted by molar-refractivity contribution is 6.00. The molecule has 92 valence electrons. The van der Waals surface area contributed by atoms with Crippen LogP contribution in [0.25, 0.3) is 0 Å². The lowest BCUT2D eigenvalue weighted by Gasteiger charge is -2.21. The van der Waals surface area contributed by atoms with E-state index in [2.05, 4.69) is 0 Å². The van der Waals surface area contributed by atoms with Crippen LogP contribution in [0.3, 0.4) is 0 Å². The fraction of sp³-hybridized carbons (Fsp3) is 0.462. The molecular weight excluding hydrogens is 221 g/mol. The summed E-state index contributed by atoms with van der Waals surface area (Å²) in [7, 11) is 0. The maximum atomic E-state index is 13.6. The van der Waals surface area contributed by atoms with Crippen LogP contribution in [0.15, 0.2) is 18.2 Å². The largest absolute Gasteiger partial charge is 0.396 e. The summed E-state index contributed by atoms with van der Waals surface area (Å²) < 4.78 is 13.6. The molecule has 0 spiro atoms. The van der Waals surface area contributed by atoms with Crippen molar-refractivity contribution < 1.29 is 14.3 Å². The monoisotopic (exact) mass is 237 g/mol. The van der Waals surface area contributed by atoms with Crippen molar-refractivity contribution >= 4 is 11.5 Å². The molecule has 1 unspecified atom stereocenters. The first-order valence-electron chi connectivity index (χ1n) is 5.78. The molecular formula is C13H16FNO2. The Morgan fingerprint density at radius 2 is 2.35 bits per heavy atom. The second-order valence-electron chi connectivity index (χ2n) is 4.47. The number of halogens is 1. The van der Waals surface area contributed by atoms with Gasteiger partial charge >= 0.3 is 0 Å². The molecule has 1 aromatic rings. The van der Waals surface area contributed by atoms with Gasteiger partial charge in [0, 0.05) is 25.6 Å². The fourth-order valence-corrected chi connectivity index (χ4v) is 2.33. The molecule has 2 rings (SSSR count). The first-order chi connectivity index (χ1) is 8.13. The van der Waals surface area contributed by atoms with Gasteiger partial charge in [0.15, 0.2) is 5.78 Å². The summed E-state index contributed by atoms with van der Waals surface area (Å²) >= 11 is 0. The van der Waals surface area contributed by atoms with E-state index in [1.807, 2.05) is 4.90 Å². The Balaban J connectivity index is 2.33. The molecule has 1 heterocycles. The number of nitrogens with zero attached hydrogens (tertiary/aromatic N) is 1. The smallest absolute Gasteiger partial charge is 0.164 e. The van der Waals surface area contributed by atoms with Gasteiger partial charge in [0.05, 0.1) is 11.3 Å². The Bertz CT molecular complexity index is 433. The number of anilines is 1. The quantitative estimate of drug-likeness (QED) is 0.816. The minimum Gasteiger partial charge on any atom is -0.396 e. The Kier molecular flexibility index (Phi) is 3.43. The van der Waals surface area contributed by atoms with Crippen molar-refractivity contribution in [2.45, 2.75) is 13.3 Å². The first-order valence-corrected chi connectivity index (χ1v) is 5.78. The number of rotatable bonds is 3. The molecule has 1 fully saturated rings. The molecule has 0 radical (unpaired) electrons. The molecule has 17 heavy (non-hydrogen) atoms. The molecule has 3 nitrogen and oxygen atoms in total. The molecule has 0 saturated carbocycles. The van der Waals surface area contributed by atoms with Gasteiger partial charge in [-0.25, -0.2) is 4.39 Å². The highest BCUT2D eigenvalue weighted by atomic mass is 19.1. The van der Waals surface area contributed by atoms with Crippen molar-refractivity contribution in [3.63, 3.8) is 0 Å². The van der Waals surface area contributed by atoms with E-state index in [0.29, 0.717) is 12.2 Å². The minimum absolute atomic E-state index is 0.140. The molecule has 1 N–H and O–H groups in total. The number of ketones is 1. The Morgan fingerprint density at radius 3 is 2.94 bits per heavy atom. The summed E-state index contributed by atoms with van der Waals surface area (Å²) in [5, 5.41) is 9.10. The predicted octanol–water partition coefficient (Wildman–Crippen LogP) is 1.85. The molecule has 4 heteroatoms. The molecule has 0 aromatic heterocycles. The lowest BCUT2D eigenvalue weighted by Crippen LogP contribution is -2.23. The number of Topliss-reactive ketones (excluding diaryl/α,β-unsaturated/α-hetero) is 1. The van der Waals surface area contributed by atoms with E-state index in [9.17, 15) is 9.18 Å². The van der Waals surface area contributed by atoms with Gasteiger partial charge in [-0.05, 0) is 25.5 Å². The highest BCUT2D eigenvalue weighted by Gasteiger charge is 2.25. The van der Waals surface area contributed by atoms with Crippen molar-refractivity contribution in [2.24, 2.45) is 5.92 Å². The zero-order valence-corrected chi connectivity index (χ0v) is 9.82. The molecule has 1 aliphatic heterocycles. The van der Waals surface area contributed by atoms with Gasteiger partial charge in [0.1, 0.15) is 5.82 Å². The standard InChI is InChI=1S/C13H16FNO2/c1-9(17)13-11(14)3-2-4-12(13)15-6-5-10(7-15)8-16/h2-4,10,16H,5-8H2,1H3. The number of carbonyl (C=O) groups is 1. The molecule has 1 saturated heterocycles. The van der Waals surface area contributed by atoms with Crippen LogP contribution in [-0.2, 0) is 0 Å². The molecule has 1 aliphatic rings. The number of hydrogen-bond donors (Lipinski definition) is 1. The number of aliphatic hydroxyl groups excluding tert-OH is 1. The fourth-order valence-electron chi connectivity index (χ4n) is 2.33. The van der Waals surface area contributed by atoms with Crippen LogP contribution in [0, 0.1) is 11.7 Å². The van der Waals surface area contributed by atoms with Crippen LogP contribution in [0.1, 0.15) is 23.7 Å². The van der Waals surface area contributed by atoms with Crippen molar-refractivity contribution in [1.82, 2.24) is 0 Å². The number of benzene rings is 1. The van der Waals surface area contributed by atoms with E-state index < -0.39 is 5.82 Å². The van der Waals surface area contributed by atoms with Crippen molar-refractivity contribution in [3.05, 3.63) is 29.6 Å². The predicted molar refractivity (Wildman–Crippen MR) is 63.8 cm³/mol. The minimum atomic E-state index is -0.470. The number of aliphatic hydroxyl groups is 1. The third-order valence-electron chi connectivity index (χ3n) is 3.23. The van der Waals surface area contributed by atoms with E-state index in [0.717, 1.165) is 13.0 Å². The highest BCUT2D eigenvalue weighted by Crippen LogP contribution is 2.28. The lowest BCUT2D eigenvalue weighted by molar-refractivity contribution is 0.101. The summed E-state index contributed by atoms with van der Waals surface area (Å²) in [6.07, 6.45) is 0.879. The maximum Gasteiger partial charge on any atom is 0.164 e. The first kappa shape index (κ1) is 12.0. The van der Waals surface area contributed by atoms with Crippen molar-refractivity contribution in [2.75, 3.05) is 24.6 Å². The third-order valence-corrected chi connectivity index (χ3v) is 3.23. The average molecular weight is 237 g/mol. The van der Waals surface area contributed by atoms with E-state index >= 15 is 0 Å². The van der Waals surface area contributed by atoms with Gasteiger partial charge in [0.2, 0.25) is 0 Å². The summed E-state index contributed by atoms with van der Waals surface area (Å²) in [5.41, 5.74) is 0.805. The van der Waals surface area contributed by atoms with Gasteiger partial charge in [-0.1, -0.05) is 6.07 Å². The zero-order valence-electron chi connectivity index (χ0n) is 9.82. The van der Waals surface area contributed by atoms with Gasteiger partial charge in [-0.15, -0.1) is 0 Å². The van der Waals surface area contributed by atoms with Crippen LogP contribution < -0.4 is 4.90 Å². The molecule has 1 aromatic carbocycles. The van der Waals surface area contributed by atoms with Crippen LogP contribution in [0.4, 0.5) is 10.1 Å². The van der Waals surface area contributed by atoms with Gasteiger partial charge < -0.3 is 10.0 Å². The third kappa shape index (κ3) is 2.31. The molecule has 0 bridgehead atoms. The second-order valence-corrected chi connectivity index (χ2v) is 4.47. The topological polar surface area (TPSA) is 40.5 Å². The van der Waals surface area contributed by atoms with Gasteiger partial charge in [-0.3, -0.25) is 4.79 Å². The average Bonchev–Trinajstić information content (AvgIpc) is 2.76. The van der Waals surface area contributed by atoms with Crippen LogP contribution >= 0.6 is 0 Å². The number of hydrogen-bond acceptors (Lipinski definition) is 3. The SMILES string of the molecule is CC(=O)c1c(F)cccc1N1CCC(CO)C1. The van der Waals surface area contributed by atoms with Crippen LogP contribution in [-0.4, -0.2) is 30.6 Å². The molecule has 0 amide bonds. The Labute approximate surface area is 99.9 Å². The summed E-state index contributed by atoms with van der Waals surface area (Å²) in [4.78, 5) is 13.5. The molecule has 1 atom stereocenters. The normalized spacial score (nSPS) is 19.7. The number of carbonyl (C=O) groups excluding carboxylic acids is 1. The van der Waals surface area contributed by atoms with E-state index in [1.165, 1.54) is 13.0 Å². The summed E-state index contributed by atoms with van der Waals surface area (Å²) in [6.45, 7) is 2.96. The van der Waals surface area contributed by atoms with Gasteiger partial charge in [-0.2, -0.15) is 0 Å². The lowest BCUT2D eigenvalue weighted by atomic mass is 10.1. The summed E-state index contributed by atoms with van der Waals surface area (Å²) in [5.74, 6) is -0.508. The second kappa shape index (κ2) is 4.84. The van der Waals surface area contributed by atoms with E-state index in [-0.39, 0.29) is 23.9 Å². The molecule has 0 aliphatic carbocycles. The maximum absolute atomic E-state index is 13.6. The van der Waals surface area contributed by atoms with E-state index in [1.54, 1.807) is 12.1 Å². The van der Waals surface area contributed by atoms with Crippen LogP contribution in [0.2, 0.25) is 0 Å². The van der Waals surface area contributed by atoms with Crippen molar-refractivity contribution in [3.8, 4) is 0 Å².